The number of benzene rings is 2. The lowest BCUT2D eigenvalue weighted by atomic mass is 9.78. The van der Waals surface area contributed by atoms with E-state index in [4.69, 9.17) is 4.74 Å². The van der Waals surface area contributed by atoms with E-state index in [-0.39, 0.29) is 29.6 Å². The average Bonchev–Trinajstić information content (AvgIpc) is 3.31. The molecule has 2 aromatic rings. The van der Waals surface area contributed by atoms with E-state index in [1.54, 1.807) is 47.7 Å². The molecule has 9 heteroatoms. The molecule has 2 aromatic carbocycles. The maximum atomic E-state index is 14.4. The summed E-state index contributed by atoms with van der Waals surface area (Å²) in [5.74, 6) is -1.18. The van der Waals surface area contributed by atoms with Crippen LogP contribution < -0.4 is 9.64 Å². The monoisotopic (exact) mass is 559 g/mol. The number of amides is 3. The summed E-state index contributed by atoms with van der Waals surface area (Å²) in [4.78, 5) is 47.9. The number of rotatable bonds is 6. The lowest BCUT2D eigenvalue weighted by molar-refractivity contribution is -0.144. The van der Waals surface area contributed by atoms with Crippen LogP contribution in [-0.4, -0.2) is 81.5 Å². The van der Waals surface area contributed by atoms with Crippen molar-refractivity contribution in [3.8, 4) is 5.75 Å². The van der Waals surface area contributed by atoms with Gasteiger partial charge in [-0.2, -0.15) is 0 Å². The molecule has 2 saturated heterocycles. The third-order valence-electron chi connectivity index (χ3n) is 8.52. The lowest BCUT2D eigenvalue weighted by Crippen LogP contribution is -2.56. The summed E-state index contributed by atoms with van der Waals surface area (Å²) < 4.78 is 4.36. The first-order valence-electron chi connectivity index (χ1n) is 13.6. The Morgan fingerprint density at radius 1 is 1.00 bits per heavy atom. The van der Waals surface area contributed by atoms with Gasteiger partial charge in [0.15, 0.2) is 0 Å². The van der Waals surface area contributed by atoms with E-state index in [2.05, 4.69) is 0 Å². The molecule has 0 aromatic heterocycles. The van der Waals surface area contributed by atoms with Crippen LogP contribution in [0.25, 0.3) is 0 Å². The van der Waals surface area contributed by atoms with E-state index < -0.39 is 28.7 Å². The summed E-state index contributed by atoms with van der Waals surface area (Å²) in [6, 6.07) is 15.7. The number of likely N-dealkylation sites (tertiary alicyclic amines) is 1. The molecular formula is C31H33N3O5S. The minimum atomic E-state index is -0.927. The normalized spacial score (nSPS) is 30.1. The third kappa shape index (κ3) is 4.14. The molecule has 4 aliphatic rings. The number of anilines is 1. The van der Waals surface area contributed by atoms with Crippen LogP contribution in [0, 0.1) is 11.8 Å². The zero-order valence-electron chi connectivity index (χ0n) is 22.6. The van der Waals surface area contributed by atoms with Crippen molar-refractivity contribution in [1.29, 1.82) is 0 Å². The quantitative estimate of drug-likeness (QED) is 0.548. The summed E-state index contributed by atoms with van der Waals surface area (Å²) >= 11 is 1.55. The first-order chi connectivity index (χ1) is 19.4. The largest absolute Gasteiger partial charge is 0.497 e. The Hall–Kier alpha value is -3.56. The van der Waals surface area contributed by atoms with E-state index >= 15 is 0 Å². The fraction of sp³-hybridized carbons (Fsp3) is 0.387. The van der Waals surface area contributed by atoms with E-state index in [1.165, 1.54) is 0 Å². The number of ether oxygens (including phenoxy) is 1. The number of thioether (sulfide) groups is 1. The molecule has 208 valence electrons. The number of carbonyl (C=O) groups excluding carboxylic acids is 3. The zero-order chi connectivity index (χ0) is 28.0. The van der Waals surface area contributed by atoms with Crippen molar-refractivity contribution in [2.75, 3.05) is 31.7 Å². The standard InChI is InChI=1S/C31H33N3O5S/c1-20(19-35)34-27-30(38)33(22-11-13-23(39-2)14-12-22)17-7-15-31(27)26(29(34)37)25-24(40-31)10-6-16-32(28(25)36)18-21-8-4-3-5-9-21/h3-15,20,24-27,35H,16-19H2,1-2H3/t20-,24+,25-,26+,27?,31+/m1/s1. The average molecular weight is 560 g/mol. The third-order valence-corrected chi connectivity index (χ3v) is 10.3. The van der Waals surface area contributed by atoms with Gasteiger partial charge in [-0.25, -0.2) is 0 Å². The van der Waals surface area contributed by atoms with Crippen molar-refractivity contribution in [2.45, 2.75) is 35.5 Å². The number of hydrogen-bond acceptors (Lipinski definition) is 6. The molecule has 2 fully saturated rings. The summed E-state index contributed by atoms with van der Waals surface area (Å²) in [6.45, 7) is 2.73. The van der Waals surface area contributed by atoms with Crippen LogP contribution in [0.3, 0.4) is 0 Å². The van der Waals surface area contributed by atoms with Crippen LogP contribution in [0.4, 0.5) is 5.69 Å². The second kappa shape index (κ2) is 10.4. The van der Waals surface area contributed by atoms with Gasteiger partial charge in [-0.3, -0.25) is 14.4 Å². The maximum absolute atomic E-state index is 14.4. The molecule has 3 amide bonds. The van der Waals surface area contributed by atoms with Crippen molar-refractivity contribution in [1.82, 2.24) is 9.80 Å². The Bertz CT molecular complexity index is 1360. The topological polar surface area (TPSA) is 90.4 Å². The van der Waals surface area contributed by atoms with Gasteiger partial charge >= 0.3 is 0 Å². The van der Waals surface area contributed by atoms with Gasteiger partial charge in [0.05, 0.1) is 36.3 Å². The molecule has 40 heavy (non-hydrogen) atoms. The number of nitrogens with zero attached hydrogens (tertiary/aromatic N) is 3. The van der Waals surface area contributed by atoms with Gasteiger partial charge in [0.1, 0.15) is 11.8 Å². The molecule has 0 radical (unpaired) electrons. The van der Waals surface area contributed by atoms with Crippen LogP contribution in [0.1, 0.15) is 12.5 Å². The van der Waals surface area contributed by atoms with Crippen molar-refractivity contribution in [3.63, 3.8) is 0 Å². The highest BCUT2D eigenvalue weighted by atomic mass is 32.2. The number of aliphatic hydroxyl groups excluding tert-OH is 1. The van der Waals surface area contributed by atoms with E-state index in [0.29, 0.717) is 31.1 Å². The molecular weight excluding hydrogens is 526 g/mol. The second-order valence-corrected chi connectivity index (χ2v) is 12.3. The zero-order valence-corrected chi connectivity index (χ0v) is 23.4. The second-order valence-electron chi connectivity index (χ2n) is 10.8. The first-order valence-corrected chi connectivity index (χ1v) is 14.5. The number of fused-ring (bicyclic) bond motifs is 2. The Morgan fingerprint density at radius 3 is 2.45 bits per heavy atom. The predicted octanol–water partition coefficient (Wildman–Crippen LogP) is 2.87. The van der Waals surface area contributed by atoms with Crippen molar-refractivity contribution in [3.05, 3.63) is 84.5 Å². The molecule has 0 aliphatic carbocycles. The van der Waals surface area contributed by atoms with Crippen molar-refractivity contribution in [2.24, 2.45) is 11.8 Å². The molecule has 0 saturated carbocycles. The fourth-order valence-electron chi connectivity index (χ4n) is 6.63. The number of carbonyl (C=O) groups is 3. The van der Waals surface area contributed by atoms with Crippen LogP contribution in [0.2, 0.25) is 0 Å². The predicted molar refractivity (Wildman–Crippen MR) is 154 cm³/mol. The van der Waals surface area contributed by atoms with Gasteiger partial charge in [0.25, 0.3) is 5.91 Å². The molecule has 0 bridgehead atoms. The van der Waals surface area contributed by atoms with Crippen molar-refractivity contribution >= 4 is 35.2 Å². The van der Waals surface area contributed by atoms with Crippen molar-refractivity contribution < 1.29 is 24.2 Å². The van der Waals surface area contributed by atoms with Crippen LogP contribution in [-0.2, 0) is 20.9 Å². The first kappa shape index (κ1) is 26.7. The Kier molecular flexibility index (Phi) is 6.96. The van der Waals surface area contributed by atoms with E-state index in [9.17, 15) is 19.5 Å². The minimum absolute atomic E-state index is 0.0732. The van der Waals surface area contributed by atoms with Gasteiger partial charge in [0, 0.05) is 30.6 Å². The molecule has 1 spiro atoms. The van der Waals surface area contributed by atoms with Gasteiger partial charge in [-0.1, -0.05) is 54.6 Å². The maximum Gasteiger partial charge on any atom is 0.251 e. The van der Waals surface area contributed by atoms with E-state index in [0.717, 1.165) is 5.56 Å². The summed E-state index contributed by atoms with van der Waals surface area (Å²) in [5, 5.41) is 9.92. The molecule has 1 unspecified atom stereocenters. The molecule has 6 atom stereocenters. The summed E-state index contributed by atoms with van der Waals surface area (Å²) in [6.07, 6.45) is 7.99. The number of methoxy groups -OCH3 is 1. The Balaban J connectivity index is 1.40. The summed E-state index contributed by atoms with van der Waals surface area (Å²) in [7, 11) is 1.59. The van der Waals surface area contributed by atoms with E-state index in [1.807, 2.05) is 71.7 Å². The van der Waals surface area contributed by atoms with Crippen LogP contribution in [0.15, 0.2) is 78.9 Å². The van der Waals surface area contributed by atoms with Gasteiger partial charge in [-0.05, 0) is 36.8 Å². The molecule has 4 heterocycles. The molecule has 8 nitrogen and oxygen atoms in total. The molecule has 1 N–H and O–H groups in total. The minimum Gasteiger partial charge on any atom is -0.497 e. The summed E-state index contributed by atoms with van der Waals surface area (Å²) in [5.41, 5.74) is 1.72. The Morgan fingerprint density at radius 2 is 1.75 bits per heavy atom. The highest BCUT2D eigenvalue weighted by molar-refractivity contribution is 8.02. The SMILES string of the molecule is COc1ccc(N2CC=C[C@]34S[C@H]5C=CCN(Cc6ccccc6)C(=O)[C@H]5[C@H]3C(=O)N([C@H](C)CO)C4C2=O)cc1. The number of hydrogen-bond donors (Lipinski definition) is 1. The van der Waals surface area contributed by atoms with Crippen LogP contribution in [0.5, 0.6) is 5.75 Å². The number of aliphatic hydroxyl groups is 1. The van der Waals surface area contributed by atoms with Gasteiger partial charge in [0.2, 0.25) is 11.8 Å². The van der Waals surface area contributed by atoms with Crippen LogP contribution >= 0.6 is 11.8 Å². The van der Waals surface area contributed by atoms with Gasteiger partial charge < -0.3 is 24.5 Å². The lowest BCUT2D eigenvalue weighted by Gasteiger charge is -2.37. The molecule has 6 rings (SSSR count). The Labute approximate surface area is 238 Å². The highest BCUT2D eigenvalue weighted by Gasteiger charge is 2.71. The fourth-order valence-corrected chi connectivity index (χ4v) is 8.62. The van der Waals surface area contributed by atoms with Gasteiger partial charge in [-0.15, -0.1) is 11.8 Å². The molecule has 4 aliphatic heterocycles. The smallest absolute Gasteiger partial charge is 0.251 e. The highest BCUT2D eigenvalue weighted by Crippen LogP contribution is 2.61.